The lowest BCUT2D eigenvalue weighted by Crippen LogP contribution is -2.35. The molecular formula is C25H37N7O3S. The lowest BCUT2D eigenvalue weighted by Gasteiger charge is -2.25. The minimum Gasteiger partial charge on any atom is -0.369 e. The molecule has 2 aliphatic rings. The fraction of sp³-hybridized carbons (Fsp3) is 0.560. The van der Waals surface area contributed by atoms with Crippen LogP contribution in [-0.2, 0) is 10.0 Å². The van der Waals surface area contributed by atoms with Gasteiger partial charge in [0.15, 0.2) is 0 Å². The van der Waals surface area contributed by atoms with Crippen molar-refractivity contribution in [1.29, 1.82) is 0 Å². The quantitative estimate of drug-likeness (QED) is 0.336. The molecule has 0 spiro atoms. The minimum atomic E-state index is -3.52. The SMILES string of the molecule is CCCCNc1ncc(C(=O)Nc2ccc(S(=O)(=O)N3CCCCC3)cc2)c(NCC2CCNC2)n1. The lowest BCUT2D eigenvalue weighted by molar-refractivity contribution is 0.102. The molecule has 36 heavy (non-hydrogen) atoms. The van der Waals surface area contributed by atoms with Crippen LogP contribution in [0, 0.1) is 5.92 Å². The predicted molar refractivity (Wildman–Crippen MR) is 142 cm³/mol. The maximum Gasteiger partial charge on any atom is 0.260 e. The smallest absolute Gasteiger partial charge is 0.260 e. The van der Waals surface area contributed by atoms with Crippen molar-refractivity contribution in [1.82, 2.24) is 19.6 Å². The molecule has 4 rings (SSSR count). The van der Waals surface area contributed by atoms with E-state index in [0.29, 0.717) is 48.6 Å². The van der Waals surface area contributed by atoms with Crippen LogP contribution in [0.25, 0.3) is 0 Å². The zero-order valence-corrected chi connectivity index (χ0v) is 21.7. The van der Waals surface area contributed by atoms with Crippen molar-refractivity contribution >= 4 is 33.4 Å². The van der Waals surface area contributed by atoms with Crippen LogP contribution in [0.15, 0.2) is 35.4 Å². The number of hydrogen-bond acceptors (Lipinski definition) is 8. The standard InChI is InChI=1S/C25H37N7O3S/c1-2-3-12-27-25-29-18-22(23(31-25)28-17-19-11-13-26-16-19)24(33)30-20-7-9-21(10-8-20)36(34,35)32-14-5-4-6-15-32/h7-10,18-19,26H,2-6,11-17H2,1H3,(H,30,33)(H2,27,28,29,31). The Balaban J connectivity index is 1.46. The average molecular weight is 516 g/mol. The molecule has 10 nitrogen and oxygen atoms in total. The molecule has 1 atom stereocenters. The molecule has 2 fully saturated rings. The number of carbonyl (C=O) groups excluding carboxylic acids is 1. The Kier molecular flexibility index (Phi) is 9.11. The van der Waals surface area contributed by atoms with Crippen LogP contribution in [0.4, 0.5) is 17.5 Å². The highest BCUT2D eigenvalue weighted by Gasteiger charge is 2.26. The number of sulfonamides is 1. The van der Waals surface area contributed by atoms with Crippen molar-refractivity contribution in [2.75, 3.05) is 55.2 Å². The fourth-order valence-corrected chi connectivity index (χ4v) is 5.95. The van der Waals surface area contributed by atoms with Crippen LogP contribution in [0.3, 0.4) is 0 Å². The number of amides is 1. The summed E-state index contributed by atoms with van der Waals surface area (Å²) < 4.78 is 27.3. The van der Waals surface area contributed by atoms with Gasteiger partial charge in [0.1, 0.15) is 11.4 Å². The lowest BCUT2D eigenvalue weighted by atomic mass is 10.1. The molecule has 3 heterocycles. The second kappa shape index (κ2) is 12.5. The highest BCUT2D eigenvalue weighted by atomic mass is 32.2. The Morgan fingerprint density at radius 1 is 1.14 bits per heavy atom. The second-order valence-corrected chi connectivity index (χ2v) is 11.4. The number of nitrogens with zero attached hydrogens (tertiary/aromatic N) is 3. The summed E-state index contributed by atoms with van der Waals surface area (Å²) in [6.07, 6.45) is 7.50. The van der Waals surface area contributed by atoms with Crippen molar-refractivity contribution in [2.24, 2.45) is 5.92 Å². The topological polar surface area (TPSA) is 128 Å². The van der Waals surface area contributed by atoms with Gasteiger partial charge in [0.25, 0.3) is 5.91 Å². The molecule has 196 valence electrons. The number of hydrogen-bond donors (Lipinski definition) is 4. The van der Waals surface area contributed by atoms with Gasteiger partial charge < -0.3 is 21.3 Å². The van der Waals surface area contributed by atoms with E-state index in [1.807, 2.05) is 0 Å². The van der Waals surface area contributed by atoms with Crippen molar-refractivity contribution in [3.8, 4) is 0 Å². The van der Waals surface area contributed by atoms with E-state index in [0.717, 1.165) is 58.2 Å². The molecule has 2 aromatic rings. The molecule has 2 aliphatic heterocycles. The molecule has 1 amide bonds. The molecule has 0 bridgehead atoms. The summed E-state index contributed by atoms with van der Waals surface area (Å²) >= 11 is 0. The Hall–Kier alpha value is -2.76. The minimum absolute atomic E-state index is 0.237. The summed E-state index contributed by atoms with van der Waals surface area (Å²) in [6, 6.07) is 6.33. The van der Waals surface area contributed by atoms with E-state index in [4.69, 9.17) is 0 Å². The molecule has 1 aromatic carbocycles. The van der Waals surface area contributed by atoms with Crippen molar-refractivity contribution in [3.63, 3.8) is 0 Å². The van der Waals surface area contributed by atoms with Crippen molar-refractivity contribution < 1.29 is 13.2 Å². The Morgan fingerprint density at radius 2 is 1.92 bits per heavy atom. The summed E-state index contributed by atoms with van der Waals surface area (Å²) in [5.41, 5.74) is 0.848. The maximum absolute atomic E-state index is 13.1. The van der Waals surface area contributed by atoms with Gasteiger partial charge in [-0.1, -0.05) is 19.8 Å². The van der Waals surface area contributed by atoms with Crippen LogP contribution in [0.5, 0.6) is 0 Å². The van der Waals surface area contributed by atoms with Gasteiger partial charge in [0, 0.05) is 38.1 Å². The second-order valence-electron chi connectivity index (χ2n) is 9.42. The first-order valence-corrected chi connectivity index (χ1v) is 14.4. The van der Waals surface area contributed by atoms with Gasteiger partial charge in [-0.05, 0) is 69.0 Å². The number of benzene rings is 1. The van der Waals surface area contributed by atoms with E-state index in [1.165, 1.54) is 10.5 Å². The third-order valence-electron chi connectivity index (χ3n) is 6.63. The van der Waals surface area contributed by atoms with Crippen LogP contribution in [0.1, 0.15) is 55.8 Å². The van der Waals surface area contributed by atoms with Gasteiger partial charge >= 0.3 is 0 Å². The number of piperidine rings is 1. The molecule has 1 unspecified atom stereocenters. The molecule has 0 radical (unpaired) electrons. The zero-order chi connectivity index (χ0) is 25.4. The predicted octanol–water partition coefficient (Wildman–Crippen LogP) is 3.14. The molecular weight excluding hydrogens is 478 g/mol. The molecule has 2 saturated heterocycles. The van der Waals surface area contributed by atoms with Gasteiger partial charge in [-0.15, -0.1) is 0 Å². The summed E-state index contributed by atoms with van der Waals surface area (Å²) in [5.74, 6) is 1.09. The Labute approximate surface area is 213 Å². The first kappa shape index (κ1) is 26.3. The van der Waals surface area contributed by atoms with Gasteiger partial charge in [0.05, 0.1) is 4.90 Å². The number of aromatic nitrogens is 2. The maximum atomic E-state index is 13.1. The van der Waals surface area contributed by atoms with E-state index in [9.17, 15) is 13.2 Å². The average Bonchev–Trinajstić information content (AvgIpc) is 3.42. The monoisotopic (exact) mass is 515 g/mol. The van der Waals surface area contributed by atoms with E-state index >= 15 is 0 Å². The third kappa shape index (κ3) is 6.71. The number of anilines is 3. The molecule has 1 aromatic heterocycles. The van der Waals surface area contributed by atoms with Crippen molar-refractivity contribution in [2.45, 2.75) is 50.3 Å². The van der Waals surface area contributed by atoms with Crippen LogP contribution in [-0.4, -0.2) is 67.9 Å². The van der Waals surface area contributed by atoms with Gasteiger partial charge in [-0.25, -0.2) is 13.4 Å². The number of rotatable bonds is 11. The Bertz CT molecular complexity index is 1110. The summed E-state index contributed by atoms with van der Waals surface area (Å²) in [5, 5.41) is 12.8. The van der Waals surface area contributed by atoms with Crippen molar-refractivity contribution in [3.05, 3.63) is 36.0 Å². The number of nitrogens with one attached hydrogen (secondary N) is 4. The molecule has 11 heteroatoms. The summed E-state index contributed by atoms with van der Waals surface area (Å²) in [6.45, 7) is 6.63. The summed E-state index contributed by atoms with van der Waals surface area (Å²) in [7, 11) is -3.52. The van der Waals surface area contributed by atoms with E-state index in [1.54, 1.807) is 24.3 Å². The number of carbonyl (C=O) groups is 1. The van der Waals surface area contributed by atoms with E-state index in [2.05, 4.69) is 38.2 Å². The first-order chi connectivity index (χ1) is 17.5. The van der Waals surface area contributed by atoms with Crippen LogP contribution >= 0.6 is 0 Å². The van der Waals surface area contributed by atoms with Crippen LogP contribution < -0.4 is 21.3 Å². The fourth-order valence-electron chi connectivity index (χ4n) is 4.44. The zero-order valence-electron chi connectivity index (χ0n) is 20.9. The third-order valence-corrected chi connectivity index (χ3v) is 8.55. The van der Waals surface area contributed by atoms with Gasteiger partial charge in [0.2, 0.25) is 16.0 Å². The highest BCUT2D eigenvalue weighted by molar-refractivity contribution is 7.89. The normalized spacial score (nSPS) is 18.6. The number of unbranched alkanes of at least 4 members (excludes halogenated alkanes) is 1. The summed E-state index contributed by atoms with van der Waals surface area (Å²) in [4.78, 5) is 22.3. The molecule has 0 saturated carbocycles. The van der Waals surface area contributed by atoms with E-state index in [-0.39, 0.29) is 10.8 Å². The van der Waals surface area contributed by atoms with E-state index < -0.39 is 10.0 Å². The Morgan fingerprint density at radius 3 is 2.61 bits per heavy atom. The van der Waals surface area contributed by atoms with Gasteiger partial charge in [-0.2, -0.15) is 9.29 Å². The van der Waals surface area contributed by atoms with Crippen LogP contribution in [0.2, 0.25) is 0 Å². The highest BCUT2D eigenvalue weighted by Crippen LogP contribution is 2.23. The molecule has 0 aliphatic carbocycles. The first-order valence-electron chi connectivity index (χ1n) is 12.9. The van der Waals surface area contributed by atoms with Gasteiger partial charge in [-0.3, -0.25) is 4.79 Å². The molecule has 4 N–H and O–H groups in total. The largest absolute Gasteiger partial charge is 0.369 e.